The van der Waals surface area contributed by atoms with Crippen LogP contribution >= 0.6 is 0 Å². The number of aliphatic carboxylic acids is 1. The van der Waals surface area contributed by atoms with Gasteiger partial charge in [0.05, 0.1) is 18.6 Å². The maximum atomic E-state index is 11.8. The van der Waals surface area contributed by atoms with Crippen molar-refractivity contribution < 1.29 is 19.4 Å². The van der Waals surface area contributed by atoms with Gasteiger partial charge in [-0.2, -0.15) is 0 Å². The van der Waals surface area contributed by atoms with Gasteiger partial charge < -0.3 is 15.2 Å². The second-order valence-corrected chi connectivity index (χ2v) is 4.12. The van der Waals surface area contributed by atoms with E-state index in [1.54, 1.807) is 12.1 Å². The van der Waals surface area contributed by atoms with Crippen molar-refractivity contribution in [2.45, 2.75) is 19.8 Å². The van der Waals surface area contributed by atoms with Crippen molar-refractivity contribution in [3.63, 3.8) is 0 Å². The van der Waals surface area contributed by atoms with Crippen LogP contribution in [0.2, 0.25) is 0 Å². The highest BCUT2D eigenvalue weighted by Gasteiger charge is 2.17. The number of nitrogens with one attached hydrogen (secondary N) is 1. The van der Waals surface area contributed by atoms with Gasteiger partial charge in [0.25, 0.3) is 5.91 Å². The molecular weight excluding hydrogens is 248 g/mol. The topological polar surface area (TPSA) is 88.5 Å². The lowest BCUT2D eigenvalue weighted by Gasteiger charge is -2.12. The van der Waals surface area contributed by atoms with Crippen LogP contribution in [0.5, 0.6) is 5.88 Å². The van der Waals surface area contributed by atoms with Crippen LogP contribution in [0.4, 0.5) is 0 Å². The fourth-order valence-corrected chi connectivity index (χ4v) is 1.61. The SMILES string of the molecule is CCCC(CNC(=O)c1ccc(OC)nc1)C(=O)O. The lowest BCUT2D eigenvalue weighted by Crippen LogP contribution is -2.32. The van der Waals surface area contributed by atoms with Gasteiger partial charge in [-0.1, -0.05) is 13.3 Å². The van der Waals surface area contributed by atoms with Crippen molar-refractivity contribution in [3.8, 4) is 5.88 Å². The van der Waals surface area contributed by atoms with Gasteiger partial charge in [0.15, 0.2) is 0 Å². The molecule has 19 heavy (non-hydrogen) atoms. The number of methoxy groups -OCH3 is 1. The molecule has 0 spiro atoms. The van der Waals surface area contributed by atoms with E-state index in [0.29, 0.717) is 17.9 Å². The number of ether oxygens (including phenoxy) is 1. The van der Waals surface area contributed by atoms with Crippen LogP contribution in [0.1, 0.15) is 30.1 Å². The third-order valence-electron chi connectivity index (χ3n) is 2.70. The Labute approximate surface area is 111 Å². The van der Waals surface area contributed by atoms with Gasteiger partial charge in [-0.25, -0.2) is 4.98 Å². The highest BCUT2D eigenvalue weighted by atomic mass is 16.5. The minimum atomic E-state index is -0.894. The van der Waals surface area contributed by atoms with Crippen LogP contribution < -0.4 is 10.1 Å². The summed E-state index contributed by atoms with van der Waals surface area (Å²) in [6, 6.07) is 3.16. The first kappa shape index (κ1) is 14.9. The lowest BCUT2D eigenvalue weighted by atomic mass is 10.0. The molecule has 0 fully saturated rings. The minimum Gasteiger partial charge on any atom is -0.481 e. The number of carboxylic acids is 1. The molecule has 1 amide bonds. The molecule has 6 heteroatoms. The Balaban J connectivity index is 2.56. The largest absolute Gasteiger partial charge is 0.481 e. The predicted octanol–water partition coefficient (Wildman–Crippen LogP) is 1.32. The van der Waals surface area contributed by atoms with Crippen molar-refractivity contribution in [2.24, 2.45) is 5.92 Å². The molecule has 6 nitrogen and oxygen atoms in total. The zero-order valence-electron chi connectivity index (χ0n) is 11.0. The zero-order chi connectivity index (χ0) is 14.3. The van der Waals surface area contributed by atoms with E-state index in [-0.39, 0.29) is 12.5 Å². The second-order valence-electron chi connectivity index (χ2n) is 4.12. The number of carboxylic acid groups (broad SMARTS) is 1. The van der Waals surface area contributed by atoms with Gasteiger partial charge in [0.1, 0.15) is 0 Å². The fourth-order valence-electron chi connectivity index (χ4n) is 1.61. The lowest BCUT2D eigenvalue weighted by molar-refractivity contribution is -0.141. The van der Waals surface area contributed by atoms with Crippen molar-refractivity contribution >= 4 is 11.9 Å². The molecule has 1 atom stereocenters. The summed E-state index contributed by atoms with van der Waals surface area (Å²) in [5, 5.41) is 11.6. The summed E-state index contributed by atoms with van der Waals surface area (Å²) < 4.78 is 4.89. The van der Waals surface area contributed by atoms with E-state index in [9.17, 15) is 9.59 Å². The minimum absolute atomic E-state index is 0.119. The van der Waals surface area contributed by atoms with Crippen molar-refractivity contribution in [3.05, 3.63) is 23.9 Å². The summed E-state index contributed by atoms with van der Waals surface area (Å²) in [5.41, 5.74) is 0.376. The van der Waals surface area contributed by atoms with Gasteiger partial charge in [-0.15, -0.1) is 0 Å². The van der Waals surface area contributed by atoms with Gasteiger partial charge in [-0.3, -0.25) is 9.59 Å². The highest BCUT2D eigenvalue weighted by molar-refractivity contribution is 5.94. The molecule has 0 aliphatic carbocycles. The average Bonchev–Trinajstić information content (AvgIpc) is 2.42. The first-order valence-corrected chi connectivity index (χ1v) is 6.09. The van der Waals surface area contributed by atoms with Crippen LogP contribution in [-0.2, 0) is 4.79 Å². The molecule has 2 N–H and O–H groups in total. The molecule has 0 bridgehead atoms. The van der Waals surface area contributed by atoms with E-state index in [4.69, 9.17) is 9.84 Å². The number of aromatic nitrogens is 1. The first-order valence-electron chi connectivity index (χ1n) is 6.09. The smallest absolute Gasteiger partial charge is 0.308 e. The molecule has 0 saturated heterocycles. The fraction of sp³-hybridized carbons (Fsp3) is 0.462. The van der Waals surface area contributed by atoms with Crippen LogP contribution in [0.15, 0.2) is 18.3 Å². The first-order chi connectivity index (χ1) is 9.08. The van der Waals surface area contributed by atoms with Gasteiger partial charge in [0.2, 0.25) is 5.88 Å². The van der Waals surface area contributed by atoms with E-state index >= 15 is 0 Å². The average molecular weight is 266 g/mol. The van der Waals surface area contributed by atoms with Crippen LogP contribution in [0, 0.1) is 5.92 Å². The van der Waals surface area contributed by atoms with Crippen LogP contribution in [0.3, 0.4) is 0 Å². The molecule has 1 unspecified atom stereocenters. The number of rotatable bonds is 7. The molecule has 0 saturated carbocycles. The van der Waals surface area contributed by atoms with E-state index in [2.05, 4.69) is 10.3 Å². The number of carbonyl (C=O) groups excluding carboxylic acids is 1. The normalized spacial score (nSPS) is 11.7. The van der Waals surface area contributed by atoms with E-state index < -0.39 is 11.9 Å². The molecule has 1 aromatic rings. The van der Waals surface area contributed by atoms with Gasteiger partial charge in [-0.05, 0) is 12.5 Å². The Morgan fingerprint density at radius 2 is 2.21 bits per heavy atom. The quantitative estimate of drug-likeness (QED) is 0.777. The monoisotopic (exact) mass is 266 g/mol. The Hall–Kier alpha value is -2.11. The second kappa shape index (κ2) is 7.35. The maximum absolute atomic E-state index is 11.8. The third-order valence-corrected chi connectivity index (χ3v) is 2.70. The van der Waals surface area contributed by atoms with Crippen molar-refractivity contribution in [1.29, 1.82) is 0 Å². The van der Waals surface area contributed by atoms with E-state index in [1.807, 2.05) is 6.92 Å². The molecular formula is C13H18N2O4. The molecule has 0 aliphatic rings. The summed E-state index contributed by atoms with van der Waals surface area (Å²) in [7, 11) is 1.49. The van der Waals surface area contributed by atoms with Crippen molar-refractivity contribution in [1.82, 2.24) is 10.3 Å². The third kappa shape index (κ3) is 4.57. The summed E-state index contributed by atoms with van der Waals surface area (Å²) in [4.78, 5) is 26.6. The summed E-state index contributed by atoms with van der Waals surface area (Å²) >= 11 is 0. The Morgan fingerprint density at radius 3 is 2.68 bits per heavy atom. The summed E-state index contributed by atoms with van der Waals surface area (Å²) in [6.45, 7) is 2.03. The number of carbonyl (C=O) groups is 2. The Morgan fingerprint density at radius 1 is 1.47 bits per heavy atom. The molecule has 1 aromatic heterocycles. The molecule has 0 aliphatic heterocycles. The number of hydrogen-bond acceptors (Lipinski definition) is 4. The molecule has 0 radical (unpaired) electrons. The van der Waals surface area contributed by atoms with Crippen LogP contribution in [-0.4, -0.2) is 35.6 Å². The molecule has 0 aromatic carbocycles. The van der Waals surface area contributed by atoms with Crippen LogP contribution in [0.25, 0.3) is 0 Å². The zero-order valence-corrected chi connectivity index (χ0v) is 11.0. The Kier molecular flexibility index (Phi) is 5.78. The standard InChI is InChI=1S/C13H18N2O4/c1-3-4-10(13(17)18)8-15-12(16)9-5-6-11(19-2)14-7-9/h5-7,10H,3-4,8H2,1-2H3,(H,15,16)(H,17,18). The number of nitrogens with zero attached hydrogens (tertiary/aromatic N) is 1. The maximum Gasteiger partial charge on any atom is 0.308 e. The van der Waals surface area contributed by atoms with Crippen molar-refractivity contribution in [2.75, 3.05) is 13.7 Å². The number of amides is 1. The van der Waals surface area contributed by atoms with E-state index in [1.165, 1.54) is 13.3 Å². The van der Waals surface area contributed by atoms with E-state index in [0.717, 1.165) is 6.42 Å². The highest BCUT2D eigenvalue weighted by Crippen LogP contribution is 2.08. The van der Waals surface area contributed by atoms with Gasteiger partial charge >= 0.3 is 5.97 Å². The van der Waals surface area contributed by atoms with Gasteiger partial charge in [0, 0.05) is 18.8 Å². The summed E-state index contributed by atoms with van der Waals surface area (Å²) in [6.07, 6.45) is 2.69. The molecule has 1 rings (SSSR count). The summed E-state index contributed by atoms with van der Waals surface area (Å²) in [5.74, 6) is -1.36. The number of hydrogen-bond donors (Lipinski definition) is 2. The predicted molar refractivity (Wildman–Crippen MR) is 69.2 cm³/mol. The molecule has 1 heterocycles. The number of pyridine rings is 1. The molecule has 104 valence electrons. The Bertz CT molecular complexity index is 431.